The molecule has 0 aromatic rings. The van der Waals surface area contributed by atoms with Crippen LogP contribution in [0.5, 0.6) is 0 Å². The molecule has 1 N–H and O–H groups in total. The normalized spacial score (nSPS) is 23.7. The second-order valence-electron chi connectivity index (χ2n) is 5.75. The van der Waals surface area contributed by atoms with Crippen molar-refractivity contribution in [3.8, 4) is 0 Å². The average Bonchev–Trinajstić information content (AvgIpc) is 2.30. The summed E-state index contributed by atoms with van der Waals surface area (Å²) in [6, 6.07) is 0. The molecule has 0 amide bonds. The van der Waals surface area contributed by atoms with E-state index >= 15 is 0 Å². The number of hydrogen-bond acceptors (Lipinski definition) is 3. The van der Waals surface area contributed by atoms with Crippen molar-refractivity contribution in [3.05, 3.63) is 35.1 Å². The summed E-state index contributed by atoms with van der Waals surface area (Å²) in [4.78, 5) is 0. The molecular weight excluding hydrogens is 238 g/mol. The number of hydrogen-bond donors (Lipinski definition) is 1. The van der Waals surface area contributed by atoms with Crippen molar-refractivity contribution in [3.63, 3.8) is 0 Å². The van der Waals surface area contributed by atoms with Gasteiger partial charge in [-0.2, -0.15) is 0 Å². The van der Waals surface area contributed by atoms with Gasteiger partial charge < -0.3 is 14.8 Å². The fraction of sp³-hybridized carbons (Fsp3) is 0.625. The Labute approximate surface area is 116 Å². The predicted molar refractivity (Wildman–Crippen MR) is 77.7 cm³/mol. The average molecular weight is 263 g/mol. The van der Waals surface area contributed by atoms with Gasteiger partial charge in [-0.1, -0.05) is 6.08 Å². The van der Waals surface area contributed by atoms with Gasteiger partial charge in [0.25, 0.3) is 0 Å². The van der Waals surface area contributed by atoms with Gasteiger partial charge in [-0.25, -0.2) is 0 Å². The minimum atomic E-state index is -0.597. The molecule has 106 valence electrons. The van der Waals surface area contributed by atoms with E-state index in [1.165, 1.54) is 16.8 Å². The lowest BCUT2D eigenvalue weighted by atomic mass is 9.85. The van der Waals surface area contributed by atoms with Crippen molar-refractivity contribution >= 4 is 0 Å². The molecule has 0 fully saturated rings. The van der Waals surface area contributed by atoms with Gasteiger partial charge in [0.1, 0.15) is 0 Å². The van der Waals surface area contributed by atoms with E-state index in [0.29, 0.717) is 13.2 Å². The molecule has 0 spiro atoms. The van der Waals surface area contributed by atoms with E-state index in [9.17, 15) is 0 Å². The van der Waals surface area contributed by atoms with Crippen LogP contribution in [-0.2, 0) is 9.47 Å². The van der Waals surface area contributed by atoms with Crippen LogP contribution in [0.1, 0.15) is 41.0 Å². The molecule has 3 heteroatoms. The van der Waals surface area contributed by atoms with Crippen molar-refractivity contribution in [2.45, 2.75) is 52.4 Å². The smallest absolute Gasteiger partial charge is 0.192 e. The second-order valence-corrected chi connectivity index (χ2v) is 5.75. The topological polar surface area (TPSA) is 30.5 Å². The maximum absolute atomic E-state index is 5.86. The van der Waals surface area contributed by atoms with E-state index in [2.05, 4.69) is 38.2 Å². The van der Waals surface area contributed by atoms with Gasteiger partial charge in [0.15, 0.2) is 5.79 Å². The summed E-state index contributed by atoms with van der Waals surface area (Å²) in [6.07, 6.45) is 7.18. The van der Waals surface area contributed by atoms with Gasteiger partial charge in [0, 0.05) is 25.3 Å². The molecule has 0 unspecified atom stereocenters. The third-order valence-corrected chi connectivity index (χ3v) is 3.54. The van der Waals surface area contributed by atoms with E-state index < -0.39 is 5.79 Å². The highest BCUT2D eigenvalue weighted by Gasteiger charge is 2.36. The molecular formula is C16H25NO2. The summed E-state index contributed by atoms with van der Waals surface area (Å²) in [5, 5.41) is 3.55. The summed E-state index contributed by atoms with van der Waals surface area (Å²) in [7, 11) is 0. The van der Waals surface area contributed by atoms with Gasteiger partial charge in [-0.05, 0) is 57.9 Å². The lowest BCUT2D eigenvalue weighted by Gasteiger charge is -2.39. The van der Waals surface area contributed by atoms with Crippen LogP contribution in [0.4, 0.5) is 0 Å². The minimum Gasteiger partial charge on any atom is -0.376 e. The van der Waals surface area contributed by atoms with E-state index in [4.69, 9.17) is 9.47 Å². The van der Waals surface area contributed by atoms with Crippen molar-refractivity contribution in [1.29, 1.82) is 0 Å². The largest absolute Gasteiger partial charge is 0.376 e. The number of allylic oxidation sites excluding steroid dienone is 2. The Balaban J connectivity index is 2.28. The van der Waals surface area contributed by atoms with Gasteiger partial charge >= 0.3 is 0 Å². The maximum Gasteiger partial charge on any atom is 0.192 e. The Bertz CT molecular complexity index is 438. The highest BCUT2D eigenvalue weighted by Crippen LogP contribution is 2.37. The quantitative estimate of drug-likeness (QED) is 0.789. The highest BCUT2D eigenvalue weighted by atomic mass is 16.7. The van der Waals surface area contributed by atoms with Crippen LogP contribution in [0.15, 0.2) is 35.1 Å². The molecule has 0 radical (unpaired) electrons. The van der Waals surface area contributed by atoms with Crippen LogP contribution in [-0.4, -0.2) is 24.5 Å². The van der Waals surface area contributed by atoms with Crippen LogP contribution in [0, 0.1) is 0 Å². The first-order valence-electron chi connectivity index (χ1n) is 7.09. The molecule has 2 rings (SSSR count). The summed E-state index contributed by atoms with van der Waals surface area (Å²) >= 11 is 0. The number of ether oxygens (including phenoxy) is 2. The zero-order valence-electron chi connectivity index (χ0n) is 12.7. The molecule has 0 saturated carbocycles. The Hall–Kier alpha value is -1.06. The fourth-order valence-corrected chi connectivity index (χ4v) is 2.92. The number of dihydropyridines is 1. The first kappa shape index (κ1) is 14.4. The van der Waals surface area contributed by atoms with Crippen LogP contribution in [0.25, 0.3) is 0 Å². The second kappa shape index (κ2) is 5.14. The van der Waals surface area contributed by atoms with Gasteiger partial charge in [-0.3, -0.25) is 0 Å². The van der Waals surface area contributed by atoms with Crippen molar-refractivity contribution in [1.82, 2.24) is 5.32 Å². The lowest BCUT2D eigenvalue weighted by molar-refractivity contribution is -0.198. The number of nitrogens with one attached hydrogen (secondary N) is 1. The summed E-state index contributed by atoms with van der Waals surface area (Å²) in [6.45, 7) is 11.8. The maximum atomic E-state index is 5.86. The zero-order valence-corrected chi connectivity index (χ0v) is 12.7. The predicted octanol–water partition coefficient (Wildman–Crippen LogP) is 3.30. The Kier molecular flexibility index (Phi) is 3.88. The van der Waals surface area contributed by atoms with E-state index in [0.717, 1.165) is 6.42 Å². The molecule has 0 aromatic carbocycles. The van der Waals surface area contributed by atoms with Crippen molar-refractivity contribution in [2.24, 2.45) is 0 Å². The first-order valence-corrected chi connectivity index (χ1v) is 7.09. The fourth-order valence-electron chi connectivity index (χ4n) is 2.92. The molecule has 0 bridgehead atoms. The van der Waals surface area contributed by atoms with Crippen LogP contribution in [0.3, 0.4) is 0 Å². The van der Waals surface area contributed by atoms with Crippen molar-refractivity contribution < 1.29 is 9.47 Å². The Morgan fingerprint density at radius 2 is 1.84 bits per heavy atom. The molecule has 2 aliphatic rings. The Morgan fingerprint density at radius 3 is 2.42 bits per heavy atom. The zero-order chi connectivity index (χ0) is 14.1. The lowest BCUT2D eigenvalue weighted by Crippen LogP contribution is -2.44. The van der Waals surface area contributed by atoms with Crippen molar-refractivity contribution in [2.75, 3.05) is 13.2 Å². The SMILES string of the molecule is CCOC1(OCC)C=CC2=C(C1)C(C)=CC(C)(C)N2. The van der Waals surface area contributed by atoms with E-state index in [1.54, 1.807) is 0 Å². The standard InChI is InChI=1S/C16H25NO2/c1-6-18-16(19-7-2)9-8-14-13(11-16)12(3)10-15(4,5)17-14/h8-10,17H,6-7,11H2,1-5H3. The first-order chi connectivity index (χ1) is 8.91. The minimum absolute atomic E-state index is 0.00445. The van der Waals surface area contributed by atoms with Gasteiger partial charge in [0.05, 0.1) is 5.54 Å². The van der Waals surface area contributed by atoms with Gasteiger partial charge in [0.2, 0.25) is 0 Å². The van der Waals surface area contributed by atoms with Crippen LogP contribution >= 0.6 is 0 Å². The highest BCUT2D eigenvalue weighted by molar-refractivity contribution is 5.47. The summed E-state index contributed by atoms with van der Waals surface area (Å²) in [5.74, 6) is -0.597. The molecule has 1 aliphatic carbocycles. The Morgan fingerprint density at radius 1 is 1.21 bits per heavy atom. The molecule has 1 heterocycles. The third kappa shape index (κ3) is 2.93. The van der Waals surface area contributed by atoms with E-state index in [-0.39, 0.29) is 5.54 Å². The molecule has 19 heavy (non-hydrogen) atoms. The summed E-state index contributed by atoms with van der Waals surface area (Å²) in [5.41, 5.74) is 3.81. The summed E-state index contributed by atoms with van der Waals surface area (Å²) < 4.78 is 11.7. The molecule has 0 aromatic heterocycles. The monoisotopic (exact) mass is 263 g/mol. The molecule has 0 atom stereocenters. The molecule has 1 aliphatic heterocycles. The van der Waals surface area contributed by atoms with Crippen LogP contribution < -0.4 is 5.32 Å². The van der Waals surface area contributed by atoms with Crippen LogP contribution in [0.2, 0.25) is 0 Å². The molecule has 0 saturated heterocycles. The van der Waals surface area contributed by atoms with E-state index in [1.807, 2.05) is 19.9 Å². The number of rotatable bonds is 4. The molecule has 3 nitrogen and oxygen atoms in total. The third-order valence-electron chi connectivity index (χ3n) is 3.54. The van der Waals surface area contributed by atoms with Gasteiger partial charge in [-0.15, -0.1) is 0 Å².